The van der Waals surface area contributed by atoms with Crippen molar-refractivity contribution in [1.82, 2.24) is 4.98 Å². The molecule has 1 aromatic carbocycles. The third-order valence-corrected chi connectivity index (χ3v) is 5.63. The number of halogens is 1. The first-order valence-corrected chi connectivity index (χ1v) is 10.1. The zero-order chi connectivity index (χ0) is 18.0. The second kappa shape index (κ2) is 7.12. The number of pyridine rings is 1. The average Bonchev–Trinajstić information content (AvgIpc) is 3.39. The van der Waals surface area contributed by atoms with Gasteiger partial charge in [-0.05, 0) is 60.4 Å². The number of nitriles is 1. The predicted molar refractivity (Wildman–Crippen MR) is 97.5 cm³/mol. The van der Waals surface area contributed by atoms with E-state index in [4.69, 9.17) is 22.0 Å². The van der Waals surface area contributed by atoms with E-state index < -0.39 is 10.0 Å². The van der Waals surface area contributed by atoms with Crippen LogP contribution in [0.3, 0.4) is 0 Å². The molecule has 3 rings (SSSR count). The Balaban J connectivity index is 1.89. The third kappa shape index (κ3) is 4.57. The van der Waals surface area contributed by atoms with Gasteiger partial charge in [0, 0.05) is 18.0 Å². The van der Waals surface area contributed by atoms with Crippen molar-refractivity contribution >= 4 is 21.6 Å². The van der Waals surface area contributed by atoms with E-state index in [0.29, 0.717) is 22.9 Å². The maximum Gasteiger partial charge on any atom is 0.209 e. The summed E-state index contributed by atoms with van der Waals surface area (Å²) in [4.78, 5) is 4.32. The Morgan fingerprint density at radius 1 is 1.28 bits per heavy atom. The molecule has 1 atom stereocenters. The summed E-state index contributed by atoms with van der Waals surface area (Å²) < 4.78 is 22.6. The Morgan fingerprint density at radius 2 is 2.04 bits per heavy atom. The second-order valence-electron chi connectivity index (χ2n) is 6.41. The van der Waals surface area contributed by atoms with Gasteiger partial charge >= 0.3 is 0 Å². The predicted octanol–water partition coefficient (Wildman–Crippen LogP) is 3.45. The largest absolute Gasteiger partial charge is 0.264 e. The molecule has 2 aromatic rings. The van der Waals surface area contributed by atoms with Crippen LogP contribution >= 0.6 is 11.6 Å². The quantitative estimate of drug-likeness (QED) is 0.836. The molecule has 0 spiro atoms. The van der Waals surface area contributed by atoms with Gasteiger partial charge in [0.05, 0.1) is 16.3 Å². The van der Waals surface area contributed by atoms with Crippen LogP contribution in [0.25, 0.3) is 11.1 Å². The number of rotatable bonds is 6. The summed E-state index contributed by atoms with van der Waals surface area (Å²) in [6, 6.07) is 9.33. The van der Waals surface area contributed by atoms with Crippen LogP contribution in [0.4, 0.5) is 0 Å². The van der Waals surface area contributed by atoms with Gasteiger partial charge in [0.2, 0.25) is 10.0 Å². The Labute approximate surface area is 152 Å². The number of sulfonamides is 1. The standard InChI is InChI=1S/C18H18ClN3O2S/c19-18-8-13(3-4-14(18)9-20)15-7-16(11-22-10-15)17(12-1-2-12)5-6-25(21,23)24/h3-4,7-8,10-12,17H,1-2,5-6H2,(H2,21,23,24). The Morgan fingerprint density at radius 3 is 2.64 bits per heavy atom. The highest BCUT2D eigenvalue weighted by Crippen LogP contribution is 2.45. The minimum Gasteiger partial charge on any atom is -0.264 e. The van der Waals surface area contributed by atoms with E-state index in [-0.39, 0.29) is 11.7 Å². The maximum atomic E-state index is 11.3. The summed E-state index contributed by atoms with van der Waals surface area (Å²) in [5, 5.41) is 14.5. The third-order valence-electron chi connectivity index (χ3n) is 4.51. The molecule has 1 saturated carbocycles. The molecule has 1 aromatic heterocycles. The van der Waals surface area contributed by atoms with Gasteiger partial charge in [0.1, 0.15) is 6.07 Å². The van der Waals surface area contributed by atoms with E-state index in [9.17, 15) is 8.42 Å². The first-order chi connectivity index (χ1) is 11.9. The van der Waals surface area contributed by atoms with Crippen molar-refractivity contribution in [2.75, 3.05) is 5.75 Å². The lowest BCUT2D eigenvalue weighted by Gasteiger charge is -2.17. The highest BCUT2D eigenvalue weighted by molar-refractivity contribution is 7.89. The highest BCUT2D eigenvalue weighted by atomic mass is 35.5. The lowest BCUT2D eigenvalue weighted by Crippen LogP contribution is -2.19. The molecule has 5 nitrogen and oxygen atoms in total. The monoisotopic (exact) mass is 375 g/mol. The molecule has 0 bridgehead atoms. The minimum absolute atomic E-state index is 0.0267. The SMILES string of the molecule is N#Cc1ccc(-c2cncc(C(CCS(N)(=O)=O)C3CC3)c2)cc1Cl. The van der Waals surface area contributed by atoms with Gasteiger partial charge < -0.3 is 0 Å². The van der Waals surface area contributed by atoms with E-state index in [1.807, 2.05) is 18.2 Å². The van der Waals surface area contributed by atoms with Crippen LogP contribution in [-0.2, 0) is 10.0 Å². The van der Waals surface area contributed by atoms with Crippen molar-refractivity contribution in [3.63, 3.8) is 0 Å². The van der Waals surface area contributed by atoms with Crippen molar-refractivity contribution < 1.29 is 8.42 Å². The average molecular weight is 376 g/mol. The van der Waals surface area contributed by atoms with Gasteiger partial charge in [-0.2, -0.15) is 5.26 Å². The van der Waals surface area contributed by atoms with Gasteiger partial charge in [-0.25, -0.2) is 13.6 Å². The molecule has 7 heteroatoms. The van der Waals surface area contributed by atoms with Crippen LogP contribution in [0.1, 0.15) is 36.3 Å². The summed E-state index contributed by atoms with van der Waals surface area (Å²) >= 11 is 6.12. The topological polar surface area (TPSA) is 96.8 Å². The van der Waals surface area contributed by atoms with E-state index in [1.54, 1.807) is 24.5 Å². The first kappa shape index (κ1) is 17.9. The molecule has 1 aliphatic rings. The van der Waals surface area contributed by atoms with Crippen molar-refractivity contribution in [3.8, 4) is 17.2 Å². The van der Waals surface area contributed by atoms with Gasteiger partial charge in [-0.1, -0.05) is 17.7 Å². The summed E-state index contributed by atoms with van der Waals surface area (Å²) in [6.45, 7) is 0. The molecular weight excluding hydrogens is 358 g/mol. The van der Waals surface area contributed by atoms with Crippen molar-refractivity contribution in [2.24, 2.45) is 11.1 Å². The molecule has 1 fully saturated rings. The van der Waals surface area contributed by atoms with E-state index >= 15 is 0 Å². The smallest absolute Gasteiger partial charge is 0.209 e. The Kier molecular flexibility index (Phi) is 5.09. The molecule has 0 amide bonds. The molecule has 130 valence electrons. The summed E-state index contributed by atoms with van der Waals surface area (Å²) in [5.41, 5.74) is 3.21. The fraction of sp³-hybridized carbons (Fsp3) is 0.333. The molecule has 1 unspecified atom stereocenters. The molecule has 0 aliphatic heterocycles. The van der Waals surface area contributed by atoms with Crippen LogP contribution in [-0.4, -0.2) is 19.2 Å². The van der Waals surface area contributed by atoms with E-state index in [1.165, 1.54) is 0 Å². The lowest BCUT2D eigenvalue weighted by molar-refractivity contribution is 0.562. The molecule has 1 heterocycles. The molecule has 0 saturated heterocycles. The number of benzene rings is 1. The van der Waals surface area contributed by atoms with Crippen molar-refractivity contribution in [1.29, 1.82) is 5.26 Å². The molecule has 1 aliphatic carbocycles. The minimum atomic E-state index is -3.48. The number of nitrogens with two attached hydrogens (primary N) is 1. The number of hydrogen-bond donors (Lipinski definition) is 1. The normalized spacial score (nSPS) is 15.6. The molecule has 25 heavy (non-hydrogen) atoms. The van der Waals surface area contributed by atoms with Crippen LogP contribution in [0, 0.1) is 17.2 Å². The second-order valence-corrected chi connectivity index (χ2v) is 8.55. The number of hydrogen-bond acceptors (Lipinski definition) is 4. The molecule has 2 N–H and O–H groups in total. The van der Waals surface area contributed by atoms with Crippen LogP contribution in [0.2, 0.25) is 5.02 Å². The van der Waals surface area contributed by atoms with Gasteiger partial charge in [-0.3, -0.25) is 4.98 Å². The zero-order valence-electron chi connectivity index (χ0n) is 13.5. The van der Waals surface area contributed by atoms with E-state index in [2.05, 4.69) is 4.98 Å². The first-order valence-electron chi connectivity index (χ1n) is 8.03. The number of nitrogens with zero attached hydrogens (tertiary/aromatic N) is 2. The van der Waals surface area contributed by atoms with Crippen LogP contribution in [0.5, 0.6) is 0 Å². The summed E-state index contributed by atoms with van der Waals surface area (Å²) in [7, 11) is -3.48. The van der Waals surface area contributed by atoms with E-state index in [0.717, 1.165) is 29.5 Å². The molecule has 0 radical (unpaired) electrons. The Hall–Kier alpha value is -1.94. The summed E-state index contributed by atoms with van der Waals surface area (Å²) in [6.07, 6.45) is 6.24. The maximum absolute atomic E-state index is 11.3. The summed E-state index contributed by atoms with van der Waals surface area (Å²) in [5.74, 6) is 0.601. The van der Waals surface area contributed by atoms with Crippen LogP contribution in [0.15, 0.2) is 36.7 Å². The fourth-order valence-corrected chi connectivity index (χ4v) is 3.87. The van der Waals surface area contributed by atoms with Crippen molar-refractivity contribution in [2.45, 2.75) is 25.2 Å². The number of primary sulfonamides is 1. The zero-order valence-corrected chi connectivity index (χ0v) is 15.1. The fourth-order valence-electron chi connectivity index (χ4n) is 3.07. The van der Waals surface area contributed by atoms with Gasteiger partial charge in [-0.15, -0.1) is 0 Å². The van der Waals surface area contributed by atoms with Crippen LogP contribution < -0.4 is 5.14 Å². The Bertz CT molecular complexity index is 934. The van der Waals surface area contributed by atoms with Crippen molar-refractivity contribution in [3.05, 3.63) is 52.8 Å². The number of aromatic nitrogens is 1. The molecular formula is C18H18ClN3O2S. The van der Waals surface area contributed by atoms with Gasteiger partial charge in [0.15, 0.2) is 0 Å². The van der Waals surface area contributed by atoms with Gasteiger partial charge in [0.25, 0.3) is 0 Å². The highest BCUT2D eigenvalue weighted by Gasteiger charge is 2.33. The lowest BCUT2D eigenvalue weighted by atomic mass is 9.91.